The first-order valence-electron chi connectivity index (χ1n) is 12.8. The number of thioether (sulfide) groups is 1. The standard InChI is InChI=1S/C30H30N4O4S/c1-4-19-10-12-21(13-11-19)24-17-23(20-8-6-5-7-9-20)33-34(24)30-32-29(36)27(39-30)18-28(35)31-22-14-15-25(37-2)26(16-22)38-3/h5-16,24,27H,4,17-18H2,1-3H3,(H,31,35)/t24-,27-/m1/s1. The first kappa shape index (κ1) is 26.5. The zero-order chi connectivity index (χ0) is 27.4. The van der Waals surface area contributed by atoms with Crippen LogP contribution < -0.4 is 14.8 Å². The van der Waals surface area contributed by atoms with E-state index in [2.05, 4.69) is 41.5 Å². The molecular weight excluding hydrogens is 512 g/mol. The highest BCUT2D eigenvalue weighted by Gasteiger charge is 2.39. The summed E-state index contributed by atoms with van der Waals surface area (Å²) in [6.45, 7) is 2.13. The van der Waals surface area contributed by atoms with Gasteiger partial charge in [0.05, 0.1) is 26.0 Å². The molecule has 0 bridgehead atoms. The van der Waals surface area contributed by atoms with Crippen LogP contribution in [0.1, 0.15) is 42.5 Å². The molecule has 0 radical (unpaired) electrons. The van der Waals surface area contributed by atoms with E-state index in [9.17, 15) is 9.59 Å². The average molecular weight is 543 g/mol. The maximum atomic E-state index is 12.9. The van der Waals surface area contributed by atoms with Gasteiger partial charge >= 0.3 is 0 Å². The fraction of sp³-hybridized carbons (Fsp3) is 0.267. The minimum atomic E-state index is -0.626. The first-order chi connectivity index (χ1) is 19.0. The third kappa shape index (κ3) is 5.83. The summed E-state index contributed by atoms with van der Waals surface area (Å²) in [6, 6.07) is 23.6. The van der Waals surface area contributed by atoms with Gasteiger partial charge < -0.3 is 14.8 Å². The Morgan fingerprint density at radius 2 is 1.77 bits per heavy atom. The summed E-state index contributed by atoms with van der Waals surface area (Å²) < 4.78 is 10.6. The zero-order valence-corrected chi connectivity index (χ0v) is 22.9. The SMILES string of the molecule is CCc1ccc([C@H]2CC(c3ccccc3)=NN2C2=NC(=O)[C@@H](CC(=O)Nc3ccc(OC)c(OC)c3)S2)cc1. The summed E-state index contributed by atoms with van der Waals surface area (Å²) in [5.74, 6) is 0.452. The number of methoxy groups -OCH3 is 2. The Hall–Kier alpha value is -4.11. The summed E-state index contributed by atoms with van der Waals surface area (Å²) >= 11 is 1.29. The van der Waals surface area contributed by atoms with Crippen LogP contribution in [-0.2, 0) is 16.0 Å². The number of anilines is 1. The quantitative estimate of drug-likeness (QED) is 0.407. The molecule has 0 saturated carbocycles. The molecule has 2 aliphatic heterocycles. The molecule has 3 aromatic rings. The van der Waals surface area contributed by atoms with Gasteiger partial charge in [-0.05, 0) is 35.2 Å². The molecule has 0 fully saturated rings. The van der Waals surface area contributed by atoms with Crippen LogP contribution in [0, 0.1) is 0 Å². The Balaban J connectivity index is 1.32. The minimum absolute atomic E-state index is 0.0101. The Kier molecular flexibility index (Phi) is 7.97. The van der Waals surface area contributed by atoms with Gasteiger partial charge in [0.2, 0.25) is 5.91 Å². The number of hydrogen-bond donors (Lipinski definition) is 1. The number of aryl methyl sites for hydroxylation is 1. The van der Waals surface area contributed by atoms with Crippen molar-refractivity contribution in [3.05, 3.63) is 89.5 Å². The zero-order valence-electron chi connectivity index (χ0n) is 22.1. The molecule has 2 amide bonds. The van der Waals surface area contributed by atoms with Crippen molar-refractivity contribution in [3.63, 3.8) is 0 Å². The van der Waals surface area contributed by atoms with Crippen molar-refractivity contribution in [2.24, 2.45) is 10.1 Å². The van der Waals surface area contributed by atoms with Crippen LogP contribution in [-0.4, -0.2) is 47.2 Å². The predicted molar refractivity (Wildman–Crippen MR) is 155 cm³/mol. The third-order valence-corrected chi connectivity index (χ3v) is 7.90. The summed E-state index contributed by atoms with van der Waals surface area (Å²) in [4.78, 5) is 30.1. The van der Waals surface area contributed by atoms with Gasteiger partial charge in [0.1, 0.15) is 5.25 Å². The lowest BCUT2D eigenvalue weighted by atomic mass is 9.97. The largest absolute Gasteiger partial charge is 0.493 e. The van der Waals surface area contributed by atoms with Gasteiger partial charge in [0.25, 0.3) is 5.91 Å². The van der Waals surface area contributed by atoms with Crippen LogP contribution in [0.3, 0.4) is 0 Å². The summed E-state index contributed by atoms with van der Waals surface area (Å²) in [6.07, 6.45) is 1.64. The topological polar surface area (TPSA) is 92.6 Å². The summed E-state index contributed by atoms with van der Waals surface area (Å²) in [7, 11) is 3.08. The van der Waals surface area contributed by atoms with E-state index < -0.39 is 5.25 Å². The molecule has 5 rings (SSSR count). The second-order valence-electron chi connectivity index (χ2n) is 9.23. The lowest BCUT2D eigenvalue weighted by molar-refractivity contribution is -0.121. The van der Waals surface area contributed by atoms with Gasteiger partial charge in [0, 0.05) is 24.6 Å². The van der Waals surface area contributed by atoms with Gasteiger partial charge in [-0.25, -0.2) is 5.01 Å². The fourth-order valence-electron chi connectivity index (χ4n) is 4.63. The van der Waals surface area contributed by atoms with Crippen LogP contribution in [0.25, 0.3) is 0 Å². The number of aliphatic imine (C=N–C) groups is 1. The van der Waals surface area contributed by atoms with Crippen molar-refractivity contribution in [2.75, 3.05) is 19.5 Å². The number of ether oxygens (including phenoxy) is 2. The molecule has 9 heteroatoms. The molecule has 2 aliphatic rings. The molecule has 200 valence electrons. The molecule has 2 atom stereocenters. The van der Waals surface area contributed by atoms with Crippen LogP contribution >= 0.6 is 11.8 Å². The molecule has 2 heterocycles. The number of nitrogens with one attached hydrogen (secondary N) is 1. The van der Waals surface area contributed by atoms with E-state index in [4.69, 9.17) is 14.6 Å². The van der Waals surface area contributed by atoms with Crippen LogP contribution in [0.4, 0.5) is 5.69 Å². The molecule has 0 aromatic heterocycles. The lowest BCUT2D eigenvalue weighted by Gasteiger charge is -2.23. The monoisotopic (exact) mass is 542 g/mol. The highest BCUT2D eigenvalue weighted by Crippen LogP contribution is 2.39. The minimum Gasteiger partial charge on any atom is -0.493 e. The molecule has 0 unspecified atom stereocenters. The van der Waals surface area contributed by atoms with Crippen LogP contribution in [0.2, 0.25) is 0 Å². The highest BCUT2D eigenvalue weighted by molar-refractivity contribution is 8.15. The summed E-state index contributed by atoms with van der Waals surface area (Å²) in [5, 5.41) is 9.49. The number of carbonyl (C=O) groups excluding carboxylic acids is 2. The number of benzene rings is 3. The Morgan fingerprint density at radius 3 is 2.46 bits per heavy atom. The Morgan fingerprint density at radius 1 is 1.03 bits per heavy atom. The molecule has 0 saturated heterocycles. The second-order valence-corrected chi connectivity index (χ2v) is 10.4. The maximum Gasteiger partial charge on any atom is 0.262 e. The molecule has 0 spiro atoms. The van der Waals surface area contributed by atoms with E-state index in [1.54, 1.807) is 25.3 Å². The van der Waals surface area contributed by atoms with Gasteiger partial charge in [-0.3, -0.25) is 9.59 Å². The number of hydrazone groups is 1. The normalized spacial score (nSPS) is 18.5. The molecular formula is C30H30N4O4S. The van der Waals surface area contributed by atoms with Gasteiger partial charge in [-0.1, -0.05) is 73.3 Å². The highest BCUT2D eigenvalue weighted by atomic mass is 32.2. The van der Waals surface area contributed by atoms with E-state index in [0.717, 1.165) is 23.3 Å². The van der Waals surface area contributed by atoms with Gasteiger partial charge in [0.15, 0.2) is 16.7 Å². The van der Waals surface area contributed by atoms with Crippen molar-refractivity contribution in [3.8, 4) is 11.5 Å². The molecule has 8 nitrogen and oxygen atoms in total. The lowest BCUT2D eigenvalue weighted by Crippen LogP contribution is -2.25. The molecule has 0 aliphatic carbocycles. The fourth-order valence-corrected chi connectivity index (χ4v) is 5.69. The Labute approximate surface area is 232 Å². The third-order valence-electron chi connectivity index (χ3n) is 6.75. The Bertz CT molecular complexity index is 1420. The van der Waals surface area contributed by atoms with Crippen molar-refractivity contribution < 1.29 is 19.1 Å². The number of hydrogen-bond acceptors (Lipinski definition) is 7. The number of amidine groups is 1. The first-order valence-corrected chi connectivity index (χ1v) is 13.7. The number of rotatable bonds is 8. The molecule has 3 aromatic carbocycles. The molecule has 1 N–H and O–H groups in total. The maximum absolute atomic E-state index is 12.9. The number of nitrogens with zero attached hydrogens (tertiary/aromatic N) is 3. The van der Waals surface area contributed by atoms with Crippen molar-refractivity contribution in [2.45, 2.75) is 37.5 Å². The van der Waals surface area contributed by atoms with Crippen molar-refractivity contribution in [1.82, 2.24) is 5.01 Å². The van der Waals surface area contributed by atoms with Crippen molar-refractivity contribution >= 4 is 40.1 Å². The van der Waals surface area contributed by atoms with E-state index in [-0.39, 0.29) is 24.3 Å². The van der Waals surface area contributed by atoms with Gasteiger partial charge in [-0.15, -0.1) is 0 Å². The number of amides is 2. The predicted octanol–water partition coefficient (Wildman–Crippen LogP) is 5.44. The second kappa shape index (κ2) is 11.7. The average Bonchev–Trinajstić information content (AvgIpc) is 3.57. The van der Waals surface area contributed by atoms with Crippen molar-refractivity contribution in [1.29, 1.82) is 0 Å². The molecule has 39 heavy (non-hydrogen) atoms. The van der Waals surface area contributed by atoms with E-state index in [0.29, 0.717) is 28.8 Å². The smallest absolute Gasteiger partial charge is 0.262 e. The van der Waals surface area contributed by atoms with Crippen LogP contribution in [0.5, 0.6) is 11.5 Å². The van der Waals surface area contributed by atoms with Crippen LogP contribution in [0.15, 0.2) is 82.9 Å². The van der Waals surface area contributed by atoms with E-state index in [1.165, 1.54) is 24.4 Å². The summed E-state index contributed by atoms with van der Waals surface area (Å²) in [5.41, 5.74) is 4.89. The van der Waals surface area contributed by atoms with Gasteiger partial charge in [-0.2, -0.15) is 10.1 Å². The van der Waals surface area contributed by atoms with E-state index >= 15 is 0 Å². The number of carbonyl (C=O) groups is 2. The van der Waals surface area contributed by atoms with E-state index in [1.807, 2.05) is 35.3 Å².